The molecule has 0 amide bonds. The first-order valence-corrected chi connectivity index (χ1v) is 6.17. The molecule has 92 valence electrons. The van der Waals surface area contributed by atoms with Gasteiger partial charge >= 0.3 is 0 Å². The number of nitrogens with one attached hydrogen (secondary N) is 1. The van der Waals surface area contributed by atoms with Gasteiger partial charge < -0.3 is 9.73 Å². The lowest BCUT2D eigenvalue weighted by Gasteiger charge is -1.99. The van der Waals surface area contributed by atoms with E-state index in [9.17, 15) is 0 Å². The first-order chi connectivity index (χ1) is 9.42. The van der Waals surface area contributed by atoms with Crippen LogP contribution in [0.5, 0.6) is 0 Å². The standard InChI is InChI=1S/C17H13NO/c1-2-6-16(7-3-1)18-11-4-5-14-8-9-17-15(13-14)10-12-19-17/h1-3,6-10,12-13,18H,11H2. The molecule has 0 spiro atoms. The Morgan fingerprint density at radius 1 is 1.00 bits per heavy atom. The molecule has 0 atom stereocenters. The number of fused-ring (bicyclic) bond motifs is 1. The number of rotatable bonds is 2. The van der Waals surface area contributed by atoms with Crippen molar-refractivity contribution in [1.82, 2.24) is 0 Å². The van der Waals surface area contributed by atoms with Crippen molar-refractivity contribution >= 4 is 16.7 Å². The van der Waals surface area contributed by atoms with Crippen molar-refractivity contribution in [2.45, 2.75) is 0 Å². The molecule has 0 fully saturated rings. The van der Waals surface area contributed by atoms with Crippen molar-refractivity contribution in [1.29, 1.82) is 0 Å². The van der Waals surface area contributed by atoms with E-state index in [0.29, 0.717) is 6.54 Å². The smallest absolute Gasteiger partial charge is 0.133 e. The molecule has 0 unspecified atom stereocenters. The molecule has 0 saturated carbocycles. The average molecular weight is 247 g/mol. The lowest BCUT2D eigenvalue weighted by Crippen LogP contribution is -1.97. The summed E-state index contributed by atoms with van der Waals surface area (Å²) in [6.45, 7) is 0.632. The summed E-state index contributed by atoms with van der Waals surface area (Å²) >= 11 is 0. The summed E-state index contributed by atoms with van der Waals surface area (Å²) in [6.07, 6.45) is 1.69. The van der Waals surface area contributed by atoms with Crippen LogP contribution in [-0.4, -0.2) is 6.54 Å². The third-order valence-corrected chi connectivity index (χ3v) is 2.84. The number of anilines is 1. The molecule has 0 bridgehead atoms. The number of para-hydroxylation sites is 1. The molecule has 3 rings (SSSR count). The largest absolute Gasteiger partial charge is 0.464 e. The summed E-state index contributed by atoms with van der Waals surface area (Å²) in [5.41, 5.74) is 2.99. The molecule has 2 nitrogen and oxygen atoms in total. The number of hydrogen-bond acceptors (Lipinski definition) is 2. The molecule has 0 radical (unpaired) electrons. The molecule has 0 saturated heterocycles. The fourth-order valence-electron chi connectivity index (χ4n) is 1.89. The van der Waals surface area contributed by atoms with E-state index in [2.05, 4.69) is 17.2 Å². The normalized spacial score (nSPS) is 9.89. The summed E-state index contributed by atoms with van der Waals surface area (Å²) in [7, 11) is 0. The van der Waals surface area contributed by atoms with Crippen molar-refractivity contribution in [2.75, 3.05) is 11.9 Å². The van der Waals surface area contributed by atoms with Crippen LogP contribution in [0.2, 0.25) is 0 Å². The van der Waals surface area contributed by atoms with E-state index in [0.717, 1.165) is 22.2 Å². The van der Waals surface area contributed by atoms with Gasteiger partial charge in [-0.3, -0.25) is 0 Å². The van der Waals surface area contributed by atoms with E-state index in [1.165, 1.54) is 0 Å². The van der Waals surface area contributed by atoms with Crippen LogP contribution >= 0.6 is 0 Å². The summed E-state index contributed by atoms with van der Waals surface area (Å²) in [5.74, 6) is 6.26. The molecule has 2 heteroatoms. The maximum Gasteiger partial charge on any atom is 0.133 e. The van der Waals surface area contributed by atoms with Crippen LogP contribution in [0, 0.1) is 11.8 Å². The van der Waals surface area contributed by atoms with Gasteiger partial charge in [0.25, 0.3) is 0 Å². The minimum atomic E-state index is 0.632. The molecular weight excluding hydrogens is 234 g/mol. The van der Waals surface area contributed by atoms with Gasteiger partial charge in [0.05, 0.1) is 12.8 Å². The highest BCUT2D eigenvalue weighted by Crippen LogP contribution is 2.16. The quantitative estimate of drug-likeness (QED) is 0.695. The summed E-state index contributed by atoms with van der Waals surface area (Å²) < 4.78 is 5.30. The Morgan fingerprint density at radius 2 is 1.89 bits per heavy atom. The van der Waals surface area contributed by atoms with Crippen LogP contribution < -0.4 is 5.32 Å². The summed E-state index contributed by atoms with van der Waals surface area (Å²) in [4.78, 5) is 0. The minimum Gasteiger partial charge on any atom is -0.464 e. The van der Waals surface area contributed by atoms with Gasteiger partial charge in [-0.05, 0) is 36.4 Å². The lowest BCUT2D eigenvalue weighted by molar-refractivity contribution is 0.616. The van der Waals surface area contributed by atoms with Gasteiger partial charge in [0, 0.05) is 16.6 Å². The zero-order valence-electron chi connectivity index (χ0n) is 10.4. The van der Waals surface area contributed by atoms with E-state index < -0.39 is 0 Å². The fraction of sp³-hybridized carbons (Fsp3) is 0.0588. The van der Waals surface area contributed by atoms with E-state index in [1.54, 1.807) is 6.26 Å². The van der Waals surface area contributed by atoms with Crippen LogP contribution in [0.1, 0.15) is 5.56 Å². The van der Waals surface area contributed by atoms with Crippen molar-refractivity contribution in [3.63, 3.8) is 0 Å². The highest BCUT2D eigenvalue weighted by Gasteiger charge is 1.95. The Balaban J connectivity index is 1.66. The minimum absolute atomic E-state index is 0.632. The van der Waals surface area contributed by atoms with Gasteiger partial charge in [-0.15, -0.1) is 0 Å². The third kappa shape index (κ3) is 2.78. The van der Waals surface area contributed by atoms with Crippen molar-refractivity contribution in [3.8, 4) is 11.8 Å². The SMILES string of the molecule is C(#Cc1ccc2occc2c1)CNc1ccccc1. The Morgan fingerprint density at radius 3 is 2.79 bits per heavy atom. The van der Waals surface area contributed by atoms with Gasteiger partial charge in [0.2, 0.25) is 0 Å². The highest BCUT2D eigenvalue weighted by atomic mass is 16.3. The maximum atomic E-state index is 5.30. The topological polar surface area (TPSA) is 25.2 Å². The van der Waals surface area contributed by atoms with Crippen molar-refractivity contribution in [2.24, 2.45) is 0 Å². The highest BCUT2D eigenvalue weighted by molar-refractivity contribution is 5.78. The molecule has 1 heterocycles. The molecule has 0 aliphatic carbocycles. The maximum absolute atomic E-state index is 5.30. The second kappa shape index (κ2) is 5.32. The first-order valence-electron chi connectivity index (χ1n) is 6.17. The number of benzene rings is 2. The van der Waals surface area contributed by atoms with Crippen LogP contribution in [-0.2, 0) is 0 Å². The van der Waals surface area contributed by atoms with E-state index in [4.69, 9.17) is 4.42 Å². The molecule has 0 aliphatic heterocycles. The van der Waals surface area contributed by atoms with Crippen molar-refractivity contribution < 1.29 is 4.42 Å². The van der Waals surface area contributed by atoms with Gasteiger partial charge in [0.1, 0.15) is 5.58 Å². The van der Waals surface area contributed by atoms with Crippen LogP contribution in [0.4, 0.5) is 5.69 Å². The molecule has 1 aromatic heterocycles. The number of furan rings is 1. The van der Waals surface area contributed by atoms with E-state index >= 15 is 0 Å². The van der Waals surface area contributed by atoms with E-state index in [-0.39, 0.29) is 0 Å². The predicted octanol–water partition coefficient (Wildman–Crippen LogP) is 3.90. The van der Waals surface area contributed by atoms with Crippen LogP contribution in [0.3, 0.4) is 0 Å². The molecular formula is C17H13NO. The van der Waals surface area contributed by atoms with Gasteiger partial charge in [-0.2, -0.15) is 0 Å². The van der Waals surface area contributed by atoms with Gasteiger partial charge in [-0.25, -0.2) is 0 Å². The second-order valence-corrected chi connectivity index (χ2v) is 4.19. The molecule has 2 aromatic carbocycles. The molecule has 3 aromatic rings. The Kier molecular flexibility index (Phi) is 3.20. The third-order valence-electron chi connectivity index (χ3n) is 2.84. The van der Waals surface area contributed by atoms with Gasteiger partial charge in [0.15, 0.2) is 0 Å². The number of hydrogen-bond donors (Lipinski definition) is 1. The van der Waals surface area contributed by atoms with E-state index in [1.807, 2.05) is 54.6 Å². The lowest BCUT2D eigenvalue weighted by atomic mass is 10.2. The molecule has 1 N–H and O–H groups in total. The zero-order valence-corrected chi connectivity index (χ0v) is 10.4. The Labute approximate surface area is 112 Å². The van der Waals surface area contributed by atoms with Crippen LogP contribution in [0.15, 0.2) is 65.3 Å². The predicted molar refractivity (Wildman–Crippen MR) is 78.0 cm³/mol. The zero-order chi connectivity index (χ0) is 12.9. The average Bonchev–Trinajstić information content (AvgIpc) is 2.92. The molecule has 19 heavy (non-hydrogen) atoms. The summed E-state index contributed by atoms with van der Waals surface area (Å²) in [6, 6.07) is 18.0. The second-order valence-electron chi connectivity index (χ2n) is 4.19. The monoisotopic (exact) mass is 247 g/mol. The van der Waals surface area contributed by atoms with Gasteiger partial charge in [-0.1, -0.05) is 30.0 Å². The van der Waals surface area contributed by atoms with Crippen LogP contribution in [0.25, 0.3) is 11.0 Å². The summed E-state index contributed by atoms with van der Waals surface area (Å²) in [5, 5.41) is 4.34. The fourth-order valence-corrected chi connectivity index (χ4v) is 1.89. The first kappa shape index (κ1) is 11.4. The Bertz CT molecular complexity index is 732. The molecule has 0 aliphatic rings. The van der Waals surface area contributed by atoms with Crippen molar-refractivity contribution in [3.05, 3.63) is 66.4 Å². The Hall–Kier alpha value is -2.66.